The minimum absolute atomic E-state index is 0.176. The smallest absolute Gasteiger partial charge is 0.125 e. The van der Waals surface area contributed by atoms with Gasteiger partial charge in [-0.05, 0) is 43.0 Å². The van der Waals surface area contributed by atoms with E-state index < -0.39 is 0 Å². The lowest BCUT2D eigenvalue weighted by Crippen LogP contribution is -2.57. The molecule has 1 aromatic carbocycles. The van der Waals surface area contributed by atoms with Crippen LogP contribution in [0.4, 0.5) is 4.39 Å². The molecule has 1 aliphatic carbocycles. The summed E-state index contributed by atoms with van der Waals surface area (Å²) in [7, 11) is 1.81. The third kappa shape index (κ3) is 2.15. The molecule has 2 atom stereocenters. The van der Waals surface area contributed by atoms with Crippen molar-refractivity contribution in [2.75, 3.05) is 20.2 Å². The Labute approximate surface area is 136 Å². The summed E-state index contributed by atoms with van der Waals surface area (Å²) in [5.41, 5.74) is 2.72. The maximum Gasteiger partial charge on any atom is 0.125 e. The molecule has 2 aliphatic rings. The number of aromatic nitrogens is 1. The number of hydrogen-bond donors (Lipinski definition) is 2. The van der Waals surface area contributed by atoms with Crippen molar-refractivity contribution in [3.63, 3.8) is 0 Å². The van der Waals surface area contributed by atoms with Gasteiger partial charge in [0.1, 0.15) is 11.4 Å². The standard InChI is InChI=1S/C19H25FN2O/c1-3-15-9-16-17(7-14(20)8-18(16)22-15)19(23-2)12-5-4-6-13(19)11-21-10-12/h7-9,12-13,21-22H,3-6,10-11H2,1-2H3. The van der Waals surface area contributed by atoms with Gasteiger partial charge in [0.2, 0.25) is 0 Å². The second-order valence-electron chi connectivity index (χ2n) is 7.04. The zero-order chi connectivity index (χ0) is 16.0. The van der Waals surface area contributed by atoms with Gasteiger partial charge in [-0.3, -0.25) is 0 Å². The number of methoxy groups -OCH3 is 1. The van der Waals surface area contributed by atoms with Crippen LogP contribution in [0.15, 0.2) is 18.2 Å². The van der Waals surface area contributed by atoms with Crippen molar-refractivity contribution in [3.05, 3.63) is 35.3 Å². The number of halogens is 1. The highest BCUT2D eigenvalue weighted by atomic mass is 19.1. The van der Waals surface area contributed by atoms with Crippen LogP contribution in [0.25, 0.3) is 10.9 Å². The van der Waals surface area contributed by atoms with Crippen LogP contribution in [0.3, 0.4) is 0 Å². The number of piperidine rings is 1. The van der Waals surface area contributed by atoms with E-state index in [0.717, 1.165) is 54.5 Å². The molecule has 2 N–H and O–H groups in total. The first kappa shape index (κ1) is 15.2. The van der Waals surface area contributed by atoms with Gasteiger partial charge in [0, 0.05) is 48.6 Å². The van der Waals surface area contributed by atoms with Gasteiger partial charge in [-0.25, -0.2) is 4.39 Å². The fraction of sp³-hybridized carbons (Fsp3) is 0.579. The van der Waals surface area contributed by atoms with Crippen molar-refractivity contribution in [2.24, 2.45) is 11.8 Å². The lowest BCUT2D eigenvalue weighted by molar-refractivity contribution is -0.143. The monoisotopic (exact) mass is 316 g/mol. The summed E-state index contributed by atoms with van der Waals surface area (Å²) in [6.45, 7) is 4.02. The van der Waals surface area contributed by atoms with Gasteiger partial charge in [-0.15, -0.1) is 0 Å². The Bertz CT molecular complexity index is 701. The van der Waals surface area contributed by atoms with E-state index in [1.165, 1.54) is 6.42 Å². The molecule has 0 radical (unpaired) electrons. The van der Waals surface area contributed by atoms with E-state index in [1.807, 2.05) is 0 Å². The van der Waals surface area contributed by atoms with Crippen molar-refractivity contribution in [2.45, 2.75) is 38.2 Å². The number of aryl methyl sites for hydroxylation is 1. The van der Waals surface area contributed by atoms with Crippen LogP contribution in [0.1, 0.15) is 37.4 Å². The third-order valence-corrected chi connectivity index (χ3v) is 6.00. The predicted molar refractivity (Wildman–Crippen MR) is 90.0 cm³/mol. The van der Waals surface area contributed by atoms with E-state index in [-0.39, 0.29) is 11.4 Å². The van der Waals surface area contributed by atoms with Gasteiger partial charge >= 0.3 is 0 Å². The van der Waals surface area contributed by atoms with Crippen molar-refractivity contribution < 1.29 is 9.13 Å². The first-order valence-electron chi connectivity index (χ1n) is 8.76. The SMILES string of the molecule is CCc1cc2c(C3(OC)C4CCCC3CNC4)cc(F)cc2[nH]1. The average molecular weight is 316 g/mol. The quantitative estimate of drug-likeness (QED) is 0.905. The highest BCUT2D eigenvalue weighted by Gasteiger charge is 2.52. The molecule has 2 fully saturated rings. The molecule has 2 aromatic rings. The minimum atomic E-state index is -0.364. The normalized spacial score (nSPS) is 30.7. The lowest BCUT2D eigenvalue weighted by Gasteiger charge is -2.52. The zero-order valence-corrected chi connectivity index (χ0v) is 13.9. The number of nitrogens with one attached hydrogen (secondary N) is 2. The maximum absolute atomic E-state index is 14.4. The molecule has 4 rings (SSSR count). The largest absolute Gasteiger partial charge is 0.373 e. The van der Waals surface area contributed by atoms with Crippen molar-refractivity contribution >= 4 is 10.9 Å². The number of aromatic amines is 1. The molecular formula is C19H25FN2O. The van der Waals surface area contributed by atoms with E-state index >= 15 is 0 Å². The minimum Gasteiger partial charge on any atom is -0.373 e. The summed E-state index contributed by atoms with van der Waals surface area (Å²) in [6.07, 6.45) is 4.44. The fourth-order valence-electron chi connectivity index (χ4n) is 4.97. The number of fused-ring (bicyclic) bond motifs is 3. The van der Waals surface area contributed by atoms with Gasteiger partial charge in [-0.1, -0.05) is 13.3 Å². The molecule has 4 heteroatoms. The highest BCUT2D eigenvalue weighted by Crippen LogP contribution is 2.51. The molecule has 2 bridgehead atoms. The number of benzene rings is 1. The van der Waals surface area contributed by atoms with Gasteiger partial charge in [0.25, 0.3) is 0 Å². The first-order valence-corrected chi connectivity index (χ1v) is 8.76. The number of ether oxygens (including phenoxy) is 1. The van der Waals surface area contributed by atoms with Gasteiger partial charge in [-0.2, -0.15) is 0 Å². The van der Waals surface area contributed by atoms with Crippen LogP contribution in [-0.4, -0.2) is 25.2 Å². The molecule has 124 valence electrons. The second kappa shape index (κ2) is 5.60. The number of H-pyrrole nitrogens is 1. The highest BCUT2D eigenvalue weighted by molar-refractivity contribution is 5.85. The van der Waals surface area contributed by atoms with Gasteiger partial charge in [0.15, 0.2) is 0 Å². The van der Waals surface area contributed by atoms with Crippen LogP contribution >= 0.6 is 0 Å². The molecule has 0 amide bonds. The molecule has 1 saturated heterocycles. The molecule has 1 aliphatic heterocycles. The summed E-state index contributed by atoms with van der Waals surface area (Å²) in [4.78, 5) is 3.36. The van der Waals surface area contributed by atoms with Crippen LogP contribution in [0, 0.1) is 17.7 Å². The van der Waals surface area contributed by atoms with Gasteiger partial charge in [0.05, 0.1) is 0 Å². The molecule has 0 spiro atoms. The van der Waals surface area contributed by atoms with E-state index in [4.69, 9.17) is 4.74 Å². The molecule has 3 nitrogen and oxygen atoms in total. The summed E-state index contributed by atoms with van der Waals surface area (Å²) < 4.78 is 20.6. The maximum atomic E-state index is 14.4. The van der Waals surface area contributed by atoms with E-state index in [0.29, 0.717) is 11.8 Å². The van der Waals surface area contributed by atoms with E-state index in [2.05, 4.69) is 23.3 Å². The summed E-state index contributed by atoms with van der Waals surface area (Å²) >= 11 is 0. The molecule has 1 saturated carbocycles. The second-order valence-corrected chi connectivity index (χ2v) is 7.04. The van der Waals surface area contributed by atoms with E-state index in [1.54, 1.807) is 19.2 Å². The molecular weight excluding hydrogens is 291 g/mol. The lowest BCUT2D eigenvalue weighted by atomic mass is 9.62. The summed E-state index contributed by atoms with van der Waals surface area (Å²) in [6, 6.07) is 5.51. The molecule has 2 heterocycles. The van der Waals surface area contributed by atoms with Crippen LogP contribution in [0.2, 0.25) is 0 Å². The van der Waals surface area contributed by atoms with E-state index in [9.17, 15) is 4.39 Å². The summed E-state index contributed by atoms with van der Waals surface area (Å²) in [5.74, 6) is 0.639. The van der Waals surface area contributed by atoms with Gasteiger partial charge < -0.3 is 15.0 Å². The Morgan fingerprint density at radius 2 is 1.96 bits per heavy atom. The zero-order valence-electron chi connectivity index (χ0n) is 13.9. The predicted octanol–water partition coefficient (Wildman–Crippen LogP) is 3.73. The topological polar surface area (TPSA) is 37.0 Å². The summed E-state index contributed by atoms with van der Waals surface area (Å²) in [5, 5.41) is 4.67. The van der Waals surface area contributed by atoms with Crippen molar-refractivity contribution in [1.29, 1.82) is 0 Å². The average Bonchev–Trinajstić information content (AvgIpc) is 2.95. The number of hydrogen-bond acceptors (Lipinski definition) is 2. The van der Waals surface area contributed by atoms with Crippen LogP contribution in [-0.2, 0) is 16.8 Å². The Balaban J connectivity index is 1.96. The Morgan fingerprint density at radius 1 is 1.22 bits per heavy atom. The van der Waals surface area contributed by atoms with Crippen molar-refractivity contribution in [1.82, 2.24) is 10.3 Å². The molecule has 23 heavy (non-hydrogen) atoms. The third-order valence-electron chi connectivity index (χ3n) is 6.00. The van der Waals surface area contributed by atoms with Crippen LogP contribution < -0.4 is 5.32 Å². The van der Waals surface area contributed by atoms with Crippen LogP contribution in [0.5, 0.6) is 0 Å². The Hall–Kier alpha value is -1.39. The number of rotatable bonds is 3. The molecule has 1 aromatic heterocycles. The molecule has 2 unspecified atom stereocenters. The fourth-order valence-corrected chi connectivity index (χ4v) is 4.97. The van der Waals surface area contributed by atoms with Crippen molar-refractivity contribution in [3.8, 4) is 0 Å². The Kier molecular flexibility index (Phi) is 3.69. The Morgan fingerprint density at radius 3 is 2.61 bits per heavy atom. The first-order chi connectivity index (χ1) is 11.2.